The van der Waals surface area contributed by atoms with Crippen molar-refractivity contribution in [2.24, 2.45) is 0 Å². The zero-order chi connectivity index (χ0) is 18.1. The van der Waals surface area contributed by atoms with Crippen LogP contribution in [0.3, 0.4) is 0 Å². The Morgan fingerprint density at radius 1 is 1.35 bits per heavy atom. The number of benzene rings is 1. The van der Waals surface area contributed by atoms with Crippen molar-refractivity contribution >= 4 is 50.8 Å². The molecule has 134 valence electrons. The number of rotatable bonds is 5. The molecular weight excluding hydrogens is 386 g/mol. The first-order valence-corrected chi connectivity index (χ1v) is 10.6. The minimum absolute atomic E-state index is 0.0199. The number of hydrogen-bond acceptors (Lipinski definition) is 5. The summed E-state index contributed by atoms with van der Waals surface area (Å²) in [7, 11) is 0. The molecule has 0 spiro atoms. The van der Waals surface area contributed by atoms with E-state index in [9.17, 15) is 4.79 Å². The number of hydrogen-bond donors (Lipinski definition) is 1. The summed E-state index contributed by atoms with van der Waals surface area (Å²) in [6.07, 6.45) is 5.02. The third-order valence-corrected chi connectivity index (χ3v) is 7.20. The monoisotopic (exact) mass is 403 g/mol. The van der Waals surface area contributed by atoms with Crippen molar-refractivity contribution in [2.75, 3.05) is 0 Å². The number of halogens is 1. The molecule has 26 heavy (non-hydrogen) atoms. The maximum atomic E-state index is 12.5. The third kappa shape index (κ3) is 3.46. The van der Waals surface area contributed by atoms with Crippen molar-refractivity contribution in [3.63, 3.8) is 0 Å². The first-order valence-electron chi connectivity index (χ1n) is 8.56. The lowest BCUT2D eigenvalue weighted by Crippen LogP contribution is -2.30. The second-order valence-electron chi connectivity index (χ2n) is 6.29. The average molecular weight is 404 g/mol. The summed E-state index contributed by atoms with van der Waals surface area (Å²) in [6.45, 7) is 2.34. The van der Waals surface area contributed by atoms with Crippen LogP contribution in [0.4, 0.5) is 0 Å². The molecule has 3 aromatic rings. The number of aromatic nitrogens is 2. The van der Waals surface area contributed by atoms with Crippen LogP contribution in [0.1, 0.15) is 29.3 Å². The second kappa shape index (κ2) is 7.55. The van der Waals surface area contributed by atoms with Gasteiger partial charge in [-0.3, -0.25) is 4.79 Å². The molecule has 4 nitrogen and oxygen atoms in total. The van der Waals surface area contributed by atoms with Gasteiger partial charge in [-0.25, -0.2) is 9.97 Å². The van der Waals surface area contributed by atoms with E-state index in [0.29, 0.717) is 11.6 Å². The highest BCUT2D eigenvalue weighted by Gasteiger charge is 2.23. The molecule has 1 aromatic carbocycles. The number of amides is 1. The SMILES string of the molecule is C[C@@H](Sc1ncnc2sc3c(c12)CCC3)C(=O)NCc1ccccc1Cl. The van der Waals surface area contributed by atoms with E-state index >= 15 is 0 Å². The van der Waals surface area contributed by atoms with E-state index in [1.54, 1.807) is 17.7 Å². The Balaban J connectivity index is 1.48. The van der Waals surface area contributed by atoms with Crippen LogP contribution in [0.15, 0.2) is 35.6 Å². The van der Waals surface area contributed by atoms with Crippen LogP contribution in [0.2, 0.25) is 5.02 Å². The van der Waals surface area contributed by atoms with Gasteiger partial charge >= 0.3 is 0 Å². The second-order valence-corrected chi connectivity index (χ2v) is 9.11. The minimum Gasteiger partial charge on any atom is -0.351 e. The van der Waals surface area contributed by atoms with Gasteiger partial charge < -0.3 is 5.32 Å². The van der Waals surface area contributed by atoms with Gasteiger partial charge in [-0.1, -0.05) is 41.6 Å². The van der Waals surface area contributed by atoms with E-state index in [1.807, 2.05) is 31.2 Å². The van der Waals surface area contributed by atoms with E-state index < -0.39 is 0 Å². The van der Waals surface area contributed by atoms with E-state index in [1.165, 1.54) is 28.6 Å². The molecule has 4 rings (SSSR count). The molecule has 0 fully saturated rings. The van der Waals surface area contributed by atoms with E-state index in [-0.39, 0.29) is 11.2 Å². The summed E-state index contributed by atoms with van der Waals surface area (Å²) < 4.78 is 0. The Kier molecular flexibility index (Phi) is 5.16. The van der Waals surface area contributed by atoms with Crippen LogP contribution in [-0.4, -0.2) is 21.1 Å². The predicted octanol–water partition coefficient (Wildman–Crippen LogP) is 4.63. The number of nitrogens with zero attached hydrogens (tertiary/aromatic N) is 2. The summed E-state index contributed by atoms with van der Waals surface area (Å²) in [5.41, 5.74) is 2.30. The molecule has 2 aromatic heterocycles. The lowest BCUT2D eigenvalue weighted by Gasteiger charge is -2.13. The molecule has 1 N–H and O–H groups in total. The van der Waals surface area contributed by atoms with Crippen LogP contribution >= 0.6 is 34.7 Å². The van der Waals surface area contributed by atoms with Gasteiger partial charge in [-0.15, -0.1) is 11.3 Å². The number of fused-ring (bicyclic) bond motifs is 3. The summed E-state index contributed by atoms with van der Waals surface area (Å²) in [5, 5.41) is 5.46. The number of aryl methyl sites for hydroxylation is 2. The van der Waals surface area contributed by atoms with Crippen molar-refractivity contribution in [1.29, 1.82) is 0 Å². The van der Waals surface area contributed by atoms with Crippen LogP contribution in [0, 0.1) is 0 Å². The molecular formula is C19H18ClN3OS2. The van der Waals surface area contributed by atoms with E-state index in [2.05, 4.69) is 15.3 Å². The lowest BCUT2D eigenvalue weighted by molar-refractivity contribution is -0.120. The van der Waals surface area contributed by atoms with Gasteiger partial charge in [0.1, 0.15) is 16.2 Å². The Morgan fingerprint density at radius 2 is 2.19 bits per heavy atom. The molecule has 1 atom stereocenters. The number of thioether (sulfide) groups is 1. The van der Waals surface area contributed by atoms with Crippen molar-refractivity contribution < 1.29 is 4.79 Å². The van der Waals surface area contributed by atoms with Gasteiger partial charge in [-0.2, -0.15) is 0 Å². The standard InChI is InChI=1S/C19H18ClN3OS2/c1-11(17(24)21-9-12-5-2-3-7-14(12)20)25-18-16-13-6-4-8-15(13)26-19(16)23-10-22-18/h2-3,5,7,10-11H,4,6,8-9H2,1H3,(H,21,24)/t11-/m1/s1. The topological polar surface area (TPSA) is 54.9 Å². The molecule has 0 bridgehead atoms. The van der Waals surface area contributed by atoms with Gasteiger partial charge in [0.2, 0.25) is 5.91 Å². The number of thiophene rings is 1. The first kappa shape index (κ1) is 17.8. The van der Waals surface area contributed by atoms with Crippen molar-refractivity contribution in [3.8, 4) is 0 Å². The highest BCUT2D eigenvalue weighted by atomic mass is 35.5. The molecule has 0 aliphatic heterocycles. The van der Waals surface area contributed by atoms with Crippen LogP contribution in [0.25, 0.3) is 10.2 Å². The summed E-state index contributed by atoms with van der Waals surface area (Å²) in [5.74, 6) is -0.0199. The third-order valence-electron chi connectivity index (χ3n) is 4.54. The molecule has 1 aliphatic rings. The van der Waals surface area contributed by atoms with Crippen LogP contribution in [0.5, 0.6) is 0 Å². The Hall–Kier alpha value is -1.63. The van der Waals surface area contributed by atoms with Gasteiger partial charge in [0.05, 0.1) is 5.25 Å². The van der Waals surface area contributed by atoms with Crippen molar-refractivity contribution in [1.82, 2.24) is 15.3 Å². The lowest BCUT2D eigenvalue weighted by atomic mass is 10.2. The Labute approximate surface area is 165 Å². The fourth-order valence-electron chi connectivity index (χ4n) is 3.18. The van der Waals surface area contributed by atoms with Crippen molar-refractivity contribution in [2.45, 2.75) is 43.0 Å². The number of carbonyl (C=O) groups is 1. The van der Waals surface area contributed by atoms with Gasteiger partial charge in [-0.05, 0) is 43.4 Å². The van der Waals surface area contributed by atoms with Crippen molar-refractivity contribution in [3.05, 3.63) is 51.6 Å². The number of nitrogens with one attached hydrogen (secondary N) is 1. The highest BCUT2D eigenvalue weighted by molar-refractivity contribution is 8.00. The Bertz CT molecular complexity index is 973. The molecule has 1 amide bonds. The predicted molar refractivity (Wildman–Crippen MR) is 108 cm³/mol. The van der Waals surface area contributed by atoms with E-state index in [0.717, 1.165) is 33.6 Å². The minimum atomic E-state index is -0.243. The molecule has 2 heterocycles. The maximum absolute atomic E-state index is 12.5. The molecule has 7 heteroatoms. The van der Waals surface area contributed by atoms with E-state index in [4.69, 9.17) is 11.6 Å². The maximum Gasteiger partial charge on any atom is 0.233 e. The smallest absolute Gasteiger partial charge is 0.233 e. The van der Waals surface area contributed by atoms with Crippen LogP contribution in [-0.2, 0) is 24.2 Å². The molecule has 0 radical (unpaired) electrons. The van der Waals surface area contributed by atoms with Gasteiger partial charge in [0.25, 0.3) is 0 Å². The first-order chi connectivity index (χ1) is 12.6. The molecule has 0 saturated heterocycles. The summed E-state index contributed by atoms with van der Waals surface area (Å²) in [6, 6.07) is 7.55. The zero-order valence-corrected chi connectivity index (χ0v) is 16.7. The van der Waals surface area contributed by atoms with Crippen LogP contribution < -0.4 is 5.32 Å². The quantitative estimate of drug-likeness (QED) is 0.498. The zero-order valence-electron chi connectivity index (χ0n) is 14.3. The Morgan fingerprint density at radius 3 is 3.04 bits per heavy atom. The molecule has 0 saturated carbocycles. The molecule has 1 aliphatic carbocycles. The summed E-state index contributed by atoms with van der Waals surface area (Å²) >= 11 is 9.42. The summed E-state index contributed by atoms with van der Waals surface area (Å²) in [4.78, 5) is 23.9. The normalized spacial score (nSPS) is 14.4. The fraction of sp³-hybridized carbons (Fsp3) is 0.316. The van der Waals surface area contributed by atoms with Gasteiger partial charge in [0.15, 0.2) is 0 Å². The largest absolute Gasteiger partial charge is 0.351 e. The van der Waals surface area contributed by atoms with Gasteiger partial charge in [0, 0.05) is 21.8 Å². The highest BCUT2D eigenvalue weighted by Crippen LogP contribution is 2.40. The number of carbonyl (C=O) groups excluding carboxylic acids is 1. The molecule has 0 unspecified atom stereocenters. The fourth-order valence-corrected chi connectivity index (χ4v) is 5.64. The average Bonchev–Trinajstić information content (AvgIpc) is 3.22.